The molecule has 2 N–H and O–H groups in total. The van der Waals surface area contributed by atoms with Crippen molar-refractivity contribution in [1.29, 1.82) is 0 Å². The van der Waals surface area contributed by atoms with Gasteiger partial charge in [0.25, 0.3) is 5.91 Å². The lowest BCUT2D eigenvalue weighted by atomic mass is 10.1. The highest BCUT2D eigenvalue weighted by atomic mass is 35.5. The highest BCUT2D eigenvalue weighted by molar-refractivity contribution is 6.30. The van der Waals surface area contributed by atoms with Gasteiger partial charge in [0.15, 0.2) is 0 Å². The van der Waals surface area contributed by atoms with Crippen LogP contribution in [0.2, 0.25) is 5.02 Å². The first-order valence-electron chi connectivity index (χ1n) is 8.22. The Bertz CT molecular complexity index is 928. The second kappa shape index (κ2) is 8.60. The van der Waals surface area contributed by atoms with Gasteiger partial charge in [-0.05, 0) is 48.4 Å². The van der Waals surface area contributed by atoms with Gasteiger partial charge in [0.1, 0.15) is 23.1 Å². The van der Waals surface area contributed by atoms with Gasteiger partial charge in [0.05, 0.1) is 0 Å². The van der Waals surface area contributed by atoms with Crippen molar-refractivity contribution in [2.75, 3.05) is 17.2 Å². The lowest BCUT2D eigenvalue weighted by Crippen LogP contribution is -2.15. The molecule has 7 heteroatoms. The minimum Gasteiger partial charge on any atom is -0.370 e. The standard InChI is InChI=1S/C20H16ClF2N3O/c21-15-6-4-13(5-7-15)8-10-24-18-12-14(9-11-25-18)20(27)26-19-16(22)2-1-3-17(19)23/h1-7,9,11-12H,8,10H2,(H,24,25)(H,26,27). The predicted octanol–water partition coefficient (Wildman–Crippen LogP) is 4.92. The third-order valence-electron chi connectivity index (χ3n) is 3.86. The van der Waals surface area contributed by atoms with Crippen LogP contribution >= 0.6 is 11.6 Å². The third-order valence-corrected chi connectivity index (χ3v) is 4.11. The summed E-state index contributed by atoms with van der Waals surface area (Å²) in [4.78, 5) is 16.4. The van der Waals surface area contributed by atoms with Crippen LogP contribution in [0.3, 0.4) is 0 Å². The molecule has 0 unspecified atom stereocenters. The fourth-order valence-electron chi connectivity index (χ4n) is 2.46. The molecule has 0 fully saturated rings. The molecule has 2 aromatic carbocycles. The SMILES string of the molecule is O=C(Nc1c(F)cccc1F)c1ccnc(NCCc2ccc(Cl)cc2)c1. The second-order valence-corrected chi connectivity index (χ2v) is 6.22. The summed E-state index contributed by atoms with van der Waals surface area (Å²) in [5.74, 6) is -1.80. The van der Waals surface area contributed by atoms with Crippen molar-refractivity contribution in [3.63, 3.8) is 0 Å². The van der Waals surface area contributed by atoms with Crippen molar-refractivity contribution >= 4 is 29.0 Å². The summed E-state index contributed by atoms with van der Waals surface area (Å²) in [6.45, 7) is 0.599. The minimum atomic E-state index is -0.835. The first-order chi connectivity index (χ1) is 13.0. The molecule has 138 valence electrons. The van der Waals surface area contributed by atoms with Crippen molar-refractivity contribution in [3.8, 4) is 0 Å². The number of nitrogens with zero attached hydrogens (tertiary/aromatic N) is 1. The highest BCUT2D eigenvalue weighted by Gasteiger charge is 2.14. The van der Waals surface area contributed by atoms with Gasteiger partial charge < -0.3 is 10.6 Å². The topological polar surface area (TPSA) is 54.0 Å². The maximum atomic E-state index is 13.7. The fraction of sp³-hybridized carbons (Fsp3) is 0.100. The van der Waals surface area contributed by atoms with E-state index in [1.165, 1.54) is 24.4 Å². The number of aromatic nitrogens is 1. The zero-order valence-electron chi connectivity index (χ0n) is 14.2. The Balaban J connectivity index is 1.62. The number of pyridine rings is 1. The van der Waals surface area contributed by atoms with E-state index in [-0.39, 0.29) is 5.56 Å². The normalized spacial score (nSPS) is 10.5. The summed E-state index contributed by atoms with van der Waals surface area (Å²) in [5.41, 5.74) is 0.869. The van der Waals surface area contributed by atoms with E-state index in [0.717, 1.165) is 24.1 Å². The summed E-state index contributed by atoms with van der Waals surface area (Å²) in [6, 6.07) is 13.9. The van der Waals surface area contributed by atoms with Crippen LogP contribution in [0.5, 0.6) is 0 Å². The molecule has 1 aromatic heterocycles. The molecule has 0 spiro atoms. The van der Waals surface area contributed by atoms with Gasteiger partial charge in [-0.15, -0.1) is 0 Å². The van der Waals surface area contributed by atoms with Crippen LogP contribution < -0.4 is 10.6 Å². The number of amides is 1. The summed E-state index contributed by atoms with van der Waals surface area (Å²) < 4.78 is 27.3. The van der Waals surface area contributed by atoms with Crippen LogP contribution in [0.25, 0.3) is 0 Å². The highest BCUT2D eigenvalue weighted by Crippen LogP contribution is 2.19. The molecule has 0 aliphatic carbocycles. The molecule has 3 aromatic rings. The second-order valence-electron chi connectivity index (χ2n) is 5.78. The number of halogens is 3. The van der Waals surface area contributed by atoms with Crippen LogP contribution in [-0.4, -0.2) is 17.4 Å². The molecule has 27 heavy (non-hydrogen) atoms. The Hall–Kier alpha value is -2.99. The maximum absolute atomic E-state index is 13.7. The lowest BCUT2D eigenvalue weighted by molar-refractivity contribution is 0.102. The number of rotatable bonds is 6. The van der Waals surface area contributed by atoms with E-state index in [4.69, 9.17) is 11.6 Å². The molecule has 0 aliphatic rings. The molecule has 0 saturated heterocycles. The van der Waals surface area contributed by atoms with Gasteiger partial charge in [-0.1, -0.05) is 29.8 Å². The van der Waals surface area contributed by atoms with Gasteiger partial charge in [0.2, 0.25) is 0 Å². The van der Waals surface area contributed by atoms with Crippen LogP contribution in [0.4, 0.5) is 20.3 Å². The number of hydrogen-bond acceptors (Lipinski definition) is 3. The molecular weight excluding hydrogens is 372 g/mol. The fourth-order valence-corrected chi connectivity index (χ4v) is 2.58. The summed E-state index contributed by atoms with van der Waals surface area (Å²) in [7, 11) is 0. The number of carbonyl (C=O) groups is 1. The van der Waals surface area contributed by atoms with E-state index in [0.29, 0.717) is 17.4 Å². The van der Waals surface area contributed by atoms with Crippen molar-refractivity contribution in [2.45, 2.75) is 6.42 Å². The number of benzene rings is 2. The van der Waals surface area contributed by atoms with Gasteiger partial charge in [-0.25, -0.2) is 13.8 Å². The Kier molecular flexibility index (Phi) is 5.98. The molecule has 0 bridgehead atoms. The quantitative estimate of drug-likeness (QED) is 0.631. The maximum Gasteiger partial charge on any atom is 0.256 e. The van der Waals surface area contributed by atoms with E-state index < -0.39 is 23.2 Å². The first kappa shape index (κ1) is 18.8. The molecular formula is C20H16ClF2N3O. The number of nitrogens with one attached hydrogen (secondary N) is 2. The van der Waals surface area contributed by atoms with Gasteiger partial charge in [-0.3, -0.25) is 4.79 Å². The molecule has 3 rings (SSSR count). The molecule has 0 aliphatic heterocycles. The molecule has 0 atom stereocenters. The van der Waals surface area contributed by atoms with Crippen molar-refractivity contribution in [2.24, 2.45) is 0 Å². The number of carbonyl (C=O) groups excluding carboxylic acids is 1. The van der Waals surface area contributed by atoms with Crippen molar-refractivity contribution < 1.29 is 13.6 Å². The minimum absolute atomic E-state index is 0.238. The molecule has 0 radical (unpaired) electrons. The average molecular weight is 388 g/mol. The lowest BCUT2D eigenvalue weighted by Gasteiger charge is -2.09. The Morgan fingerprint density at radius 1 is 1.04 bits per heavy atom. The van der Waals surface area contributed by atoms with Crippen LogP contribution in [0, 0.1) is 11.6 Å². The zero-order valence-corrected chi connectivity index (χ0v) is 14.9. The predicted molar refractivity (Wildman–Crippen MR) is 102 cm³/mol. The summed E-state index contributed by atoms with van der Waals surface area (Å²) >= 11 is 5.86. The third kappa shape index (κ3) is 5.01. The van der Waals surface area contributed by atoms with Gasteiger partial charge >= 0.3 is 0 Å². The summed E-state index contributed by atoms with van der Waals surface area (Å²) in [5, 5.41) is 6.05. The molecule has 1 amide bonds. The van der Waals surface area contributed by atoms with Crippen LogP contribution in [0.1, 0.15) is 15.9 Å². The number of hydrogen-bond donors (Lipinski definition) is 2. The van der Waals surface area contributed by atoms with Crippen molar-refractivity contribution in [3.05, 3.63) is 88.6 Å². The summed E-state index contributed by atoms with van der Waals surface area (Å²) in [6.07, 6.45) is 2.20. The van der Waals surface area contributed by atoms with Crippen LogP contribution in [0.15, 0.2) is 60.8 Å². The molecule has 1 heterocycles. The van der Waals surface area contributed by atoms with Gasteiger partial charge in [-0.2, -0.15) is 0 Å². The Morgan fingerprint density at radius 3 is 2.44 bits per heavy atom. The van der Waals surface area contributed by atoms with E-state index in [1.54, 1.807) is 0 Å². The Labute approximate surface area is 160 Å². The van der Waals surface area contributed by atoms with Crippen molar-refractivity contribution in [1.82, 2.24) is 4.98 Å². The first-order valence-corrected chi connectivity index (χ1v) is 8.60. The zero-order chi connectivity index (χ0) is 19.2. The van der Waals surface area contributed by atoms with E-state index in [9.17, 15) is 13.6 Å². The smallest absolute Gasteiger partial charge is 0.256 e. The number of para-hydroxylation sites is 1. The average Bonchev–Trinajstić information content (AvgIpc) is 2.66. The Morgan fingerprint density at radius 2 is 1.74 bits per heavy atom. The molecule has 4 nitrogen and oxygen atoms in total. The van der Waals surface area contributed by atoms with E-state index >= 15 is 0 Å². The van der Waals surface area contributed by atoms with Crippen LogP contribution in [-0.2, 0) is 6.42 Å². The van der Waals surface area contributed by atoms with E-state index in [2.05, 4.69) is 15.6 Å². The van der Waals surface area contributed by atoms with E-state index in [1.807, 2.05) is 24.3 Å². The number of anilines is 2. The monoisotopic (exact) mass is 387 g/mol. The largest absolute Gasteiger partial charge is 0.370 e. The van der Waals surface area contributed by atoms with Gasteiger partial charge in [0, 0.05) is 23.3 Å². The molecule has 0 saturated carbocycles.